The first-order valence-corrected chi connectivity index (χ1v) is 8.38. The van der Waals surface area contributed by atoms with Crippen molar-refractivity contribution in [2.45, 2.75) is 0 Å². The number of nitrogens with zero attached hydrogens (tertiary/aromatic N) is 1. The summed E-state index contributed by atoms with van der Waals surface area (Å²) in [5, 5.41) is 7.93. The van der Waals surface area contributed by atoms with E-state index in [4.69, 9.17) is 4.74 Å². The average molecular weight is 353 g/mol. The van der Waals surface area contributed by atoms with E-state index in [2.05, 4.69) is 15.6 Å². The van der Waals surface area contributed by atoms with E-state index in [0.717, 1.165) is 5.69 Å². The third kappa shape index (κ3) is 4.65. The number of anilines is 3. The Kier molecular flexibility index (Phi) is 5.38. The number of thiazole rings is 1. The number of amides is 1. The number of para-hydroxylation sites is 2. The number of ether oxygens (including phenoxy) is 1. The molecule has 0 aliphatic heterocycles. The summed E-state index contributed by atoms with van der Waals surface area (Å²) in [5.74, 6) is -1.01. The van der Waals surface area contributed by atoms with E-state index in [-0.39, 0.29) is 6.61 Å². The van der Waals surface area contributed by atoms with Crippen LogP contribution in [0.15, 0.2) is 66.2 Å². The molecule has 0 unspecified atom stereocenters. The number of rotatable bonds is 6. The molecule has 0 spiro atoms. The summed E-state index contributed by atoms with van der Waals surface area (Å²) in [6, 6.07) is 16.5. The third-order valence-electron chi connectivity index (χ3n) is 3.21. The zero-order valence-corrected chi connectivity index (χ0v) is 14.0. The Hall–Kier alpha value is -3.19. The molecule has 0 aliphatic rings. The standard InChI is InChI=1S/C18H15N3O3S/c22-16(21-18-19-10-11-25-18)12-24-17(23)14-8-4-5-9-15(14)20-13-6-2-1-3-7-13/h1-11,20H,12H2,(H,19,21,22). The maximum atomic E-state index is 12.3. The van der Waals surface area contributed by atoms with E-state index in [1.165, 1.54) is 11.3 Å². The van der Waals surface area contributed by atoms with E-state index in [1.807, 2.05) is 36.4 Å². The zero-order chi connectivity index (χ0) is 17.5. The van der Waals surface area contributed by atoms with Crippen molar-refractivity contribution in [1.29, 1.82) is 0 Å². The summed E-state index contributed by atoms with van der Waals surface area (Å²) in [6.07, 6.45) is 1.58. The highest BCUT2D eigenvalue weighted by Gasteiger charge is 2.14. The monoisotopic (exact) mass is 353 g/mol. The van der Waals surface area contributed by atoms with Gasteiger partial charge in [-0.2, -0.15) is 0 Å². The van der Waals surface area contributed by atoms with Gasteiger partial charge in [0.1, 0.15) is 0 Å². The van der Waals surface area contributed by atoms with Gasteiger partial charge in [-0.3, -0.25) is 10.1 Å². The minimum Gasteiger partial charge on any atom is -0.452 e. The number of hydrogen-bond acceptors (Lipinski definition) is 6. The predicted molar refractivity (Wildman–Crippen MR) is 97.2 cm³/mol. The molecule has 6 nitrogen and oxygen atoms in total. The second-order valence-electron chi connectivity index (χ2n) is 5.00. The molecule has 2 aromatic carbocycles. The lowest BCUT2D eigenvalue weighted by molar-refractivity contribution is -0.119. The van der Waals surface area contributed by atoms with Crippen LogP contribution < -0.4 is 10.6 Å². The minimum atomic E-state index is -0.576. The lowest BCUT2D eigenvalue weighted by atomic mass is 10.1. The van der Waals surface area contributed by atoms with E-state index in [0.29, 0.717) is 16.4 Å². The van der Waals surface area contributed by atoms with Crippen LogP contribution in [0.1, 0.15) is 10.4 Å². The van der Waals surface area contributed by atoms with Crippen molar-refractivity contribution in [2.75, 3.05) is 17.2 Å². The molecule has 0 saturated heterocycles. The van der Waals surface area contributed by atoms with Crippen LogP contribution in [0.4, 0.5) is 16.5 Å². The first kappa shape index (κ1) is 16.7. The fraction of sp³-hybridized carbons (Fsp3) is 0.0556. The molecule has 7 heteroatoms. The average Bonchev–Trinajstić information content (AvgIpc) is 3.14. The van der Waals surface area contributed by atoms with Gasteiger partial charge in [0.05, 0.1) is 11.3 Å². The number of nitrogens with one attached hydrogen (secondary N) is 2. The molecule has 25 heavy (non-hydrogen) atoms. The van der Waals surface area contributed by atoms with Gasteiger partial charge in [-0.15, -0.1) is 11.3 Å². The normalized spacial score (nSPS) is 10.1. The van der Waals surface area contributed by atoms with Crippen LogP contribution in [0.3, 0.4) is 0 Å². The Morgan fingerprint density at radius 2 is 1.80 bits per heavy atom. The van der Waals surface area contributed by atoms with Crippen LogP contribution in [0.5, 0.6) is 0 Å². The Bertz CT molecular complexity index is 851. The molecule has 0 atom stereocenters. The van der Waals surface area contributed by atoms with Crippen LogP contribution in [0, 0.1) is 0 Å². The second kappa shape index (κ2) is 8.07. The molecular weight excluding hydrogens is 338 g/mol. The van der Waals surface area contributed by atoms with Gasteiger partial charge in [0.2, 0.25) is 0 Å². The number of aromatic nitrogens is 1. The van der Waals surface area contributed by atoms with Gasteiger partial charge in [-0.1, -0.05) is 30.3 Å². The number of carbonyl (C=O) groups is 2. The van der Waals surface area contributed by atoms with Crippen molar-refractivity contribution in [3.63, 3.8) is 0 Å². The van der Waals surface area contributed by atoms with Gasteiger partial charge in [0.25, 0.3) is 5.91 Å². The summed E-state index contributed by atoms with van der Waals surface area (Å²) in [5.41, 5.74) is 1.82. The van der Waals surface area contributed by atoms with Gasteiger partial charge in [-0.05, 0) is 24.3 Å². The Labute approximate surface area is 148 Å². The van der Waals surface area contributed by atoms with Crippen molar-refractivity contribution in [1.82, 2.24) is 4.98 Å². The molecule has 1 amide bonds. The molecular formula is C18H15N3O3S. The highest BCUT2D eigenvalue weighted by molar-refractivity contribution is 7.13. The summed E-state index contributed by atoms with van der Waals surface area (Å²) >= 11 is 1.29. The fourth-order valence-corrected chi connectivity index (χ4v) is 2.64. The van der Waals surface area contributed by atoms with Gasteiger partial charge in [-0.25, -0.2) is 9.78 Å². The van der Waals surface area contributed by atoms with E-state index in [1.54, 1.807) is 29.8 Å². The molecule has 0 radical (unpaired) electrons. The largest absolute Gasteiger partial charge is 0.452 e. The maximum absolute atomic E-state index is 12.3. The Morgan fingerprint density at radius 1 is 1.04 bits per heavy atom. The smallest absolute Gasteiger partial charge is 0.340 e. The number of benzene rings is 2. The molecule has 1 aromatic heterocycles. The van der Waals surface area contributed by atoms with Crippen LogP contribution in [0.25, 0.3) is 0 Å². The number of esters is 1. The number of carbonyl (C=O) groups excluding carboxylic acids is 2. The first-order chi connectivity index (χ1) is 12.2. The zero-order valence-electron chi connectivity index (χ0n) is 13.1. The second-order valence-corrected chi connectivity index (χ2v) is 5.89. The van der Waals surface area contributed by atoms with Crippen LogP contribution >= 0.6 is 11.3 Å². The van der Waals surface area contributed by atoms with Crippen molar-refractivity contribution >= 4 is 39.7 Å². The molecule has 126 valence electrons. The maximum Gasteiger partial charge on any atom is 0.340 e. The molecule has 0 aliphatic carbocycles. The van der Waals surface area contributed by atoms with Crippen LogP contribution in [-0.2, 0) is 9.53 Å². The molecule has 3 rings (SSSR count). The molecule has 0 saturated carbocycles. The number of hydrogen-bond donors (Lipinski definition) is 2. The van der Waals surface area contributed by atoms with Crippen molar-refractivity contribution in [3.8, 4) is 0 Å². The summed E-state index contributed by atoms with van der Waals surface area (Å²) in [6.45, 7) is -0.377. The third-order valence-corrected chi connectivity index (χ3v) is 3.90. The fourth-order valence-electron chi connectivity index (χ4n) is 2.10. The lowest BCUT2D eigenvalue weighted by Crippen LogP contribution is -2.21. The van der Waals surface area contributed by atoms with E-state index in [9.17, 15) is 9.59 Å². The van der Waals surface area contributed by atoms with Crippen molar-refractivity contribution in [3.05, 3.63) is 71.7 Å². The Balaban J connectivity index is 1.63. The van der Waals surface area contributed by atoms with E-state index >= 15 is 0 Å². The molecule has 0 fully saturated rings. The van der Waals surface area contributed by atoms with Gasteiger partial charge >= 0.3 is 5.97 Å². The molecule has 3 aromatic rings. The van der Waals surface area contributed by atoms with Gasteiger partial charge < -0.3 is 10.1 Å². The minimum absolute atomic E-state index is 0.355. The SMILES string of the molecule is O=C(COC(=O)c1ccccc1Nc1ccccc1)Nc1nccs1. The van der Waals surface area contributed by atoms with Crippen molar-refractivity contribution < 1.29 is 14.3 Å². The lowest BCUT2D eigenvalue weighted by Gasteiger charge is -2.11. The van der Waals surface area contributed by atoms with E-state index < -0.39 is 11.9 Å². The predicted octanol–water partition coefficient (Wildman–Crippen LogP) is 3.68. The molecule has 1 heterocycles. The molecule has 2 N–H and O–H groups in total. The van der Waals surface area contributed by atoms with Crippen LogP contribution in [-0.4, -0.2) is 23.5 Å². The topological polar surface area (TPSA) is 80.3 Å². The van der Waals surface area contributed by atoms with Gasteiger partial charge in [0, 0.05) is 17.3 Å². The summed E-state index contributed by atoms with van der Waals surface area (Å²) < 4.78 is 5.10. The summed E-state index contributed by atoms with van der Waals surface area (Å²) in [7, 11) is 0. The first-order valence-electron chi connectivity index (χ1n) is 7.50. The Morgan fingerprint density at radius 3 is 2.56 bits per heavy atom. The summed E-state index contributed by atoms with van der Waals surface area (Å²) in [4.78, 5) is 28.0. The quantitative estimate of drug-likeness (QED) is 0.661. The molecule has 0 bridgehead atoms. The van der Waals surface area contributed by atoms with Crippen molar-refractivity contribution in [2.24, 2.45) is 0 Å². The van der Waals surface area contributed by atoms with Gasteiger partial charge in [0.15, 0.2) is 11.7 Å². The highest BCUT2D eigenvalue weighted by Crippen LogP contribution is 2.21. The van der Waals surface area contributed by atoms with Crippen LogP contribution in [0.2, 0.25) is 0 Å². The highest BCUT2D eigenvalue weighted by atomic mass is 32.1.